The van der Waals surface area contributed by atoms with Crippen LogP contribution in [0.25, 0.3) is 0 Å². The van der Waals surface area contributed by atoms with E-state index in [0.717, 1.165) is 57.9 Å². The fourth-order valence-corrected chi connectivity index (χ4v) is 3.94. The van der Waals surface area contributed by atoms with Crippen molar-refractivity contribution in [2.75, 3.05) is 45.9 Å². The van der Waals surface area contributed by atoms with Crippen LogP contribution >= 0.6 is 36.4 Å². The van der Waals surface area contributed by atoms with Gasteiger partial charge in [0.05, 0.1) is 12.2 Å². The first-order valence-corrected chi connectivity index (χ1v) is 11.4. The van der Waals surface area contributed by atoms with Gasteiger partial charge in [-0.25, -0.2) is 0 Å². The van der Waals surface area contributed by atoms with Gasteiger partial charge in [0.1, 0.15) is 0 Å². The SMILES string of the molecule is CC(C)COC(CN1CCN(CCC(O)c2ccc(Cl)cc2)CC1)c1ccccc1.Cl.Cl. The molecular formula is C25H37Cl3N2O2. The molecule has 1 saturated heterocycles. The zero-order valence-corrected chi connectivity index (χ0v) is 21.4. The van der Waals surface area contributed by atoms with E-state index in [9.17, 15) is 5.11 Å². The molecule has 0 radical (unpaired) electrons. The van der Waals surface area contributed by atoms with Gasteiger partial charge in [0.15, 0.2) is 0 Å². The van der Waals surface area contributed by atoms with Crippen LogP contribution in [0.5, 0.6) is 0 Å². The van der Waals surface area contributed by atoms with Crippen LogP contribution in [0.4, 0.5) is 0 Å². The Bertz CT molecular complexity index is 739. The number of nitrogens with zero attached hydrogens (tertiary/aromatic N) is 2. The van der Waals surface area contributed by atoms with Crippen molar-refractivity contribution in [3.63, 3.8) is 0 Å². The van der Waals surface area contributed by atoms with E-state index in [4.69, 9.17) is 16.3 Å². The van der Waals surface area contributed by atoms with Gasteiger partial charge in [-0.05, 0) is 35.6 Å². The van der Waals surface area contributed by atoms with Crippen molar-refractivity contribution in [1.29, 1.82) is 0 Å². The van der Waals surface area contributed by atoms with E-state index in [1.807, 2.05) is 24.3 Å². The van der Waals surface area contributed by atoms with E-state index < -0.39 is 6.10 Å². The molecule has 7 heteroatoms. The second-order valence-electron chi connectivity index (χ2n) is 8.62. The van der Waals surface area contributed by atoms with Crippen LogP contribution < -0.4 is 0 Å². The largest absolute Gasteiger partial charge is 0.388 e. The number of ether oxygens (including phenoxy) is 1. The van der Waals surface area contributed by atoms with Gasteiger partial charge in [-0.1, -0.05) is 67.9 Å². The Morgan fingerprint density at radius 1 is 0.875 bits per heavy atom. The Balaban J connectivity index is 0.00000256. The first-order valence-electron chi connectivity index (χ1n) is 11.1. The lowest BCUT2D eigenvalue weighted by Gasteiger charge is -2.37. The predicted molar refractivity (Wildman–Crippen MR) is 138 cm³/mol. The highest BCUT2D eigenvalue weighted by molar-refractivity contribution is 6.30. The Labute approximate surface area is 210 Å². The van der Waals surface area contributed by atoms with Gasteiger partial charge in [-0.15, -0.1) is 24.8 Å². The summed E-state index contributed by atoms with van der Waals surface area (Å²) < 4.78 is 6.26. The first kappa shape index (κ1) is 29.2. The number of aliphatic hydroxyl groups is 1. The highest BCUT2D eigenvalue weighted by atomic mass is 35.5. The summed E-state index contributed by atoms with van der Waals surface area (Å²) in [5.74, 6) is 0.528. The van der Waals surface area contributed by atoms with Crippen LogP contribution in [0.15, 0.2) is 54.6 Å². The van der Waals surface area contributed by atoms with Gasteiger partial charge in [0, 0.05) is 50.9 Å². The number of aliphatic hydroxyl groups excluding tert-OH is 1. The number of hydrogen-bond acceptors (Lipinski definition) is 4. The molecule has 2 unspecified atom stereocenters. The number of benzene rings is 2. The van der Waals surface area contributed by atoms with Crippen molar-refractivity contribution in [2.45, 2.75) is 32.5 Å². The third-order valence-corrected chi connectivity index (χ3v) is 5.92. The van der Waals surface area contributed by atoms with E-state index in [1.165, 1.54) is 5.56 Å². The Hall–Kier alpha value is -0.850. The van der Waals surface area contributed by atoms with Crippen molar-refractivity contribution < 1.29 is 9.84 Å². The Morgan fingerprint density at radius 3 is 2.06 bits per heavy atom. The second kappa shape index (κ2) is 15.1. The molecule has 0 bridgehead atoms. The summed E-state index contributed by atoms with van der Waals surface area (Å²) in [6.07, 6.45) is 0.422. The molecule has 0 saturated carbocycles. The van der Waals surface area contributed by atoms with Crippen molar-refractivity contribution in [3.05, 3.63) is 70.7 Å². The maximum absolute atomic E-state index is 10.4. The minimum atomic E-state index is -0.438. The molecule has 0 amide bonds. The summed E-state index contributed by atoms with van der Waals surface area (Å²) in [5, 5.41) is 11.1. The summed E-state index contributed by atoms with van der Waals surface area (Å²) in [6, 6.07) is 18.1. The highest BCUT2D eigenvalue weighted by Gasteiger charge is 2.22. The summed E-state index contributed by atoms with van der Waals surface area (Å²) in [4.78, 5) is 4.95. The van der Waals surface area contributed by atoms with E-state index in [-0.39, 0.29) is 30.9 Å². The van der Waals surface area contributed by atoms with E-state index >= 15 is 0 Å². The fraction of sp³-hybridized carbons (Fsp3) is 0.520. The summed E-state index contributed by atoms with van der Waals surface area (Å²) in [6.45, 7) is 11.1. The highest BCUT2D eigenvalue weighted by Crippen LogP contribution is 2.22. The standard InChI is InChI=1S/C25H35ClN2O2.2ClH/c1-20(2)19-30-25(22-6-4-3-5-7-22)18-28-16-14-27(15-17-28)13-12-24(29)21-8-10-23(26)11-9-21;;/h3-11,20,24-25,29H,12-19H2,1-2H3;2*1H. The van der Waals surface area contributed by atoms with E-state index in [0.29, 0.717) is 10.9 Å². The lowest BCUT2D eigenvalue weighted by Crippen LogP contribution is -2.48. The first-order chi connectivity index (χ1) is 14.5. The third-order valence-electron chi connectivity index (χ3n) is 5.66. The number of piperazine rings is 1. The van der Waals surface area contributed by atoms with Gasteiger partial charge < -0.3 is 14.7 Å². The van der Waals surface area contributed by atoms with Crippen molar-refractivity contribution in [1.82, 2.24) is 9.80 Å². The zero-order chi connectivity index (χ0) is 21.3. The monoisotopic (exact) mass is 502 g/mol. The Kier molecular flexibility index (Phi) is 13.8. The molecule has 0 aliphatic carbocycles. The van der Waals surface area contributed by atoms with Gasteiger partial charge >= 0.3 is 0 Å². The molecular weight excluding hydrogens is 467 g/mol. The van der Waals surface area contributed by atoms with Gasteiger partial charge in [0.2, 0.25) is 0 Å². The van der Waals surface area contributed by atoms with Crippen LogP contribution in [0.1, 0.15) is 43.6 Å². The van der Waals surface area contributed by atoms with Gasteiger partial charge in [-0.3, -0.25) is 4.90 Å². The molecule has 0 spiro atoms. The Morgan fingerprint density at radius 2 is 1.47 bits per heavy atom. The average molecular weight is 504 g/mol. The minimum Gasteiger partial charge on any atom is -0.388 e. The minimum absolute atomic E-state index is 0. The maximum Gasteiger partial charge on any atom is 0.0951 e. The molecule has 32 heavy (non-hydrogen) atoms. The molecule has 180 valence electrons. The van der Waals surface area contributed by atoms with Crippen LogP contribution in [0.2, 0.25) is 5.02 Å². The molecule has 1 N–H and O–H groups in total. The number of halogens is 3. The third kappa shape index (κ3) is 9.56. The molecule has 1 fully saturated rings. The fourth-order valence-electron chi connectivity index (χ4n) is 3.82. The quantitative estimate of drug-likeness (QED) is 0.455. The van der Waals surface area contributed by atoms with Crippen LogP contribution in [0, 0.1) is 5.92 Å². The van der Waals surface area contributed by atoms with Gasteiger partial charge in [-0.2, -0.15) is 0 Å². The lowest BCUT2D eigenvalue weighted by atomic mass is 10.1. The second-order valence-corrected chi connectivity index (χ2v) is 9.06. The molecule has 4 nitrogen and oxygen atoms in total. The molecule has 0 aromatic heterocycles. The summed E-state index contributed by atoms with van der Waals surface area (Å²) in [5.41, 5.74) is 2.19. The summed E-state index contributed by atoms with van der Waals surface area (Å²) >= 11 is 5.94. The summed E-state index contributed by atoms with van der Waals surface area (Å²) in [7, 11) is 0. The van der Waals surface area contributed by atoms with E-state index in [1.54, 1.807) is 0 Å². The van der Waals surface area contributed by atoms with Crippen molar-refractivity contribution in [2.24, 2.45) is 5.92 Å². The molecule has 1 heterocycles. The predicted octanol–water partition coefficient (Wildman–Crippen LogP) is 5.64. The van der Waals surface area contributed by atoms with Crippen molar-refractivity contribution in [3.8, 4) is 0 Å². The van der Waals surface area contributed by atoms with Crippen LogP contribution in [-0.4, -0.2) is 60.8 Å². The normalized spacial score (nSPS) is 16.8. The van der Waals surface area contributed by atoms with Crippen LogP contribution in [-0.2, 0) is 4.74 Å². The lowest BCUT2D eigenvalue weighted by molar-refractivity contribution is -0.000357. The van der Waals surface area contributed by atoms with E-state index in [2.05, 4.69) is 54.0 Å². The topological polar surface area (TPSA) is 35.9 Å². The molecule has 1 aliphatic rings. The van der Waals surface area contributed by atoms with Crippen molar-refractivity contribution >= 4 is 36.4 Å². The molecule has 2 aromatic rings. The average Bonchev–Trinajstić information content (AvgIpc) is 2.76. The molecule has 3 rings (SSSR count). The number of rotatable bonds is 10. The maximum atomic E-state index is 10.4. The van der Waals surface area contributed by atoms with Crippen LogP contribution in [0.3, 0.4) is 0 Å². The smallest absolute Gasteiger partial charge is 0.0951 e. The molecule has 2 atom stereocenters. The number of hydrogen-bond donors (Lipinski definition) is 1. The molecule has 1 aliphatic heterocycles. The molecule has 2 aromatic carbocycles. The zero-order valence-electron chi connectivity index (χ0n) is 19.0. The van der Waals surface area contributed by atoms with Gasteiger partial charge in [0.25, 0.3) is 0 Å².